The van der Waals surface area contributed by atoms with Gasteiger partial charge in [0.1, 0.15) is 5.52 Å². The van der Waals surface area contributed by atoms with Crippen LogP contribution in [0.15, 0.2) is 18.5 Å². The van der Waals surface area contributed by atoms with Crippen LogP contribution in [-0.4, -0.2) is 34.2 Å². The lowest BCUT2D eigenvalue weighted by atomic mass is 10.1. The van der Waals surface area contributed by atoms with Crippen molar-refractivity contribution < 1.29 is 13.2 Å². The number of fused-ring (bicyclic) bond motifs is 1. The highest BCUT2D eigenvalue weighted by Gasteiger charge is 2.35. The van der Waals surface area contributed by atoms with Crippen molar-refractivity contribution in [2.24, 2.45) is 11.7 Å². The Labute approximate surface area is 113 Å². The minimum absolute atomic E-state index is 0.363. The highest BCUT2D eigenvalue weighted by atomic mass is 19.4. The third kappa shape index (κ3) is 2.20. The number of nitrogens with two attached hydrogens (primary N) is 1. The van der Waals surface area contributed by atoms with Gasteiger partial charge in [0.05, 0.1) is 0 Å². The SMILES string of the molecule is NCC1CCN(c2nccn3nc(C(F)(F)F)cc23)C1. The number of alkyl halides is 3. The van der Waals surface area contributed by atoms with Gasteiger partial charge in [0.25, 0.3) is 0 Å². The van der Waals surface area contributed by atoms with Crippen molar-refractivity contribution in [3.63, 3.8) is 0 Å². The van der Waals surface area contributed by atoms with Gasteiger partial charge in [-0.1, -0.05) is 0 Å². The van der Waals surface area contributed by atoms with Crippen LogP contribution in [0.1, 0.15) is 12.1 Å². The molecule has 1 atom stereocenters. The lowest BCUT2D eigenvalue weighted by Gasteiger charge is -2.17. The van der Waals surface area contributed by atoms with Crippen LogP contribution in [0.2, 0.25) is 0 Å². The lowest BCUT2D eigenvalue weighted by molar-refractivity contribution is -0.141. The van der Waals surface area contributed by atoms with E-state index in [2.05, 4.69) is 10.1 Å². The van der Waals surface area contributed by atoms with Crippen LogP contribution in [0.3, 0.4) is 0 Å². The molecule has 0 saturated carbocycles. The molecule has 1 unspecified atom stereocenters. The summed E-state index contributed by atoms with van der Waals surface area (Å²) in [4.78, 5) is 6.18. The second kappa shape index (κ2) is 4.62. The fourth-order valence-electron chi connectivity index (χ4n) is 2.51. The molecule has 2 N–H and O–H groups in total. The molecule has 2 aromatic heterocycles. The fourth-order valence-corrected chi connectivity index (χ4v) is 2.51. The number of halogens is 3. The van der Waals surface area contributed by atoms with Crippen molar-refractivity contribution in [2.45, 2.75) is 12.6 Å². The largest absolute Gasteiger partial charge is 0.435 e. The number of hydrogen-bond donors (Lipinski definition) is 1. The standard InChI is InChI=1S/C12H14F3N5/c13-12(14,15)10-5-9-11(17-2-4-20(9)18-10)19-3-1-8(6-16)7-19/h2,4-5,8H,1,3,6-7,16H2. The second-order valence-corrected chi connectivity index (χ2v) is 4.94. The van der Waals surface area contributed by atoms with E-state index >= 15 is 0 Å². The molecule has 0 amide bonds. The van der Waals surface area contributed by atoms with Gasteiger partial charge in [0.15, 0.2) is 11.5 Å². The quantitative estimate of drug-likeness (QED) is 0.909. The molecule has 3 rings (SSSR count). The maximum Gasteiger partial charge on any atom is 0.435 e. The first-order valence-corrected chi connectivity index (χ1v) is 6.35. The third-order valence-electron chi connectivity index (χ3n) is 3.58. The van der Waals surface area contributed by atoms with E-state index < -0.39 is 11.9 Å². The predicted octanol–water partition coefficient (Wildman–Crippen LogP) is 1.53. The Balaban J connectivity index is 2.01. The van der Waals surface area contributed by atoms with Gasteiger partial charge in [0, 0.05) is 31.5 Å². The average Bonchev–Trinajstić information content (AvgIpc) is 3.04. The number of aromatic nitrogens is 3. The Morgan fingerprint density at radius 2 is 2.20 bits per heavy atom. The van der Waals surface area contributed by atoms with Crippen molar-refractivity contribution in [1.82, 2.24) is 14.6 Å². The van der Waals surface area contributed by atoms with Crippen LogP contribution in [0.4, 0.5) is 19.0 Å². The summed E-state index contributed by atoms with van der Waals surface area (Å²) in [5, 5.41) is 3.56. The molecule has 0 bridgehead atoms. The predicted molar refractivity (Wildman–Crippen MR) is 67.4 cm³/mol. The van der Waals surface area contributed by atoms with Crippen LogP contribution in [-0.2, 0) is 6.18 Å². The normalized spacial score (nSPS) is 20.0. The Morgan fingerprint density at radius 3 is 2.85 bits per heavy atom. The summed E-state index contributed by atoms with van der Waals surface area (Å²) in [6.45, 7) is 2.05. The van der Waals surface area contributed by atoms with Crippen molar-refractivity contribution in [3.05, 3.63) is 24.2 Å². The molecule has 1 aliphatic rings. The highest BCUT2D eigenvalue weighted by molar-refractivity contribution is 5.69. The minimum atomic E-state index is -4.45. The van der Waals surface area contributed by atoms with Crippen molar-refractivity contribution in [3.8, 4) is 0 Å². The van der Waals surface area contributed by atoms with E-state index in [4.69, 9.17) is 5.73 Å². The van der Waals surface area contributed by atoms with E-state index in [1.54, 1.807) is 0 Å². The lowest BCUT2D eigenvalue weighted by Crippen LogP contribution is -2.23. The topological polar surface area (TPSA) is 59.5 Å². The first-order valence-electron chi connectivity index (χ1n) is 6.35. The molecule has 0 spiro atoms. The number of anilines is 1. The smallest absolute Gasteiger partial charge is 0.354 e. The van der Waals surface area contributed by atoms with Gasteiger partial charge in [-0.3, -0.25) is 0 Å². The van der Waals surface area contributed by atoms with E-state index in [1.807, 2.05) is 4.90 Å². The van der Waals surface area contributed by atoms with Gasteiger partial charge in [-0.15, -0.1) is 0 Å². The molecule has 20 heavy (non-hydrogen) atoms. The van der Waals surface area contributed by atoms with Crippen molar-refractivity contribution in [1.29, 1.82) is 0 Å². The van der Waals surface area contributed by atoms with Gasteiger partial charge in [-0.25, -0.2) is 9.50 Å². The summed E-state index contributed by atoms with van der Waals surface area (Å²) in [6.07, 6.45) is -0.636. The van der Waals surface area contributed by atoms with E-state index in [9.17, 15) is 13.2 Å². The molecule has 5 nitrogen and oxygen atoms in total. The first kappa shape index (κ1) is 13.2. The van der Waals surface area contributed by atoms with Gasteiger partial charge in [0.2, 0.25) is 0 Å². The third-order valence-corrected chi connectivity index (χ3v) is 3.58. The fraction of sp³-hybridized carbons (Fsp3) is 0.500. The average molecular weight is 285 g/mol. The second-order valence-electron chi connectivity index (χ2n) is 4.94. The molecule has 1 fully saturated rings. The van der Waals surface area contributed by atoms with E-state index in [0.29, 0.717) is 23.8 Å². The molecule has 3 heterocycles. The van der Waals surface area contributed by atoms with E-state index in [1.165, 1.54) is 16.9 Å². The summed E-state index contributed by atoms with van der Waals surface area (Å²) < 4.78 is 39.4. The van der Waals surface area contributed by atoms with Crippen molar-refractivity contribution >= 4 is 11.3 Å². The molecular formula is C12H14F3N5. The Hall–Kier alpha value is -1.83. The molecule has 2 aromatic rings. The monoisotopic (exact) mass is 285 g/mol. The van der Waals surface area contributed by atoms with Crippen LogP contribution < -0.4 is 10.6 Å². The van der Waals surface area contributed by atoms with Crippen LogP contribution in [0.25, 0.3) is 5.52 Å². The molecule has 1 aliphatic heterocycles. The van der Waals surface area contributed by atoms with Gasteiger partial charge >= 0.3 is 6.18 Å². The van der Waals surface area contributed by atoms with Crippen molar-refractivity contribution in [2.75, 3.05) is 24.5 Å². The minimum Gasteiger partial charge on any atom is -0.354 e. The molecule has 0 radical (unpaired) electrons. The van der Waals surface area contributed by atoms with Crippen LogP contribution in [0.5, 0.6) is 0 Å². The molecule has 0 aromatic carbocycles. The Kier molecular flexibility index (Phi) is 3.04. The number of rotatable bonds is 2. The Bertz CT molecular complexity index is 621. The van der Waals surface area contributed by atoms with E-state index in [0.717, 1.165) is 25.6 Å². The van der Waals surface area contributed by atoms with Crippen LogP contribution in [0, 0.1) is 5.92 Å². The van der Waals surface area contributed by atoms with Gasteiger partial charge in [-0.2, -0.15) is 18.3 Å². The number of hydrogen-bond acceptors (Lipinski definition) is 4. The summed E-state index contributed by atoms with van der Waals surface area (Å²) >= 11 is 0. The maximum absolute atomic E-state index is 12.7. The number of nitrogens with zero attached hydrogens (tertiary/aromatic N) is 4. The van der Waals surface area contributed by atoms with Gasteiger partial charge < -0.3 is 10.6 Å². The van der Waals surface area contributed by atoms with Crippen LogP contribution >= 0.6 is 0 Å². The van der Waals surface area contributed by atoms with Gasteiger partial charge in [-0.05, 0) is 18.9 Å². The summed E-state index contributed by atoms with van der Waals surface area (Å²) in [5.41, 5.74) is 5.11. The molecular weight excluding hydrogens is 271 g/mol. The molecule has 1 saturated heterocycles. The Morgan fingerprint density at radius 1 is 1.40 bits per heavy atom. The summed E-state index contributed by atoms with van der Waals surface area (Å²) in [6, 6.07) is 1.04. The zero-order valence-corrected chi connectivity index (χ0v) is 10.6. The maximum atomic E-state index is 12.7. The zero-order chi connectivity index (χ0) is 14.3. The molecule has 8 heteroatoms. The summed E-state index contributed by atoms with van der Waals surface area (Å²) in [7, 11) is 0. The zero-order valence-electron chi connectivity index (χ0n) is 10.6. The molecule has 108 valence electrons. The molecule has 0 aliphatic carbocycles. The summed E-state index contributed by atoms with van der Waals surface area (Å²) in [5.74, 6) is 0.897. The highest BCUT2D eigenvalue weighted by Crippen LogP contribution is 2.32. The van der Waals surface area contributed by atoms with E-state index in [-0.39, 0.29) is 0 Å². The first-order chi connectivity index (χ1) is 9.49.